The molecule has 0 aliphatic carbocycles. The Kier molecular flexibility index (Phi) is 7.09. The van der Waals surface area contributed by atoms with E-state index in [0.29, 0.717) is 37.4 Å². The molecule has 3 heterocycles. The highest BCUT2D eigenvalue weighted by molar-refractivity contribution is 6.31. The molecule has 1 aromatic heterocycles. The zero-order chi connectivity index (χ0) is 21.8. The zero-order valence-corrected chi connectivity index (χ0v) is 19.0. The number of hydrogen-bond acceptors (Lipinski definition) is 7. The molecule has 168 valence electrons. The summed E-state index contributed by atoms with van der Waals surface area (Å²) in [7, 11) is 1.78. The first-order valence-electron chi connectivity index (χ1n) is 11.0. The molecule has 0 radical (unpaired) electrons. The number of rotatable bonds is 5. The molecule has 0 saturated carbocycles. The molecule has 2 fully saturated rings. The van der Waals surface area contributed by atoms with Crippen LogP contribution in [-0.2, 0) is 16.0 Å². The van der Waals surface area contributed by atoms with E-state index in [0.717, 1.165) is 61.6 Å². The lowest BCUT2D eigenvalue weighted by Crippen LogP contribution is -2.48. The van der Waals surface area contributed by atoms with Gasteiger partial charge in [-0.1, -0.05) is 11.6 Å². The third kappa shape index (κ3) is 5.19. The summed E-state index contributed by atoms with van der Waals surface area (Å²) in [4.78, 5) is 28.1. The summed E-state index contributed by atoms with van der Waals surface area (Å²) in [5, 5.41) is 1.67. The van der Waals surface area contributed by atoms with Gasteiger partial charge in [-0.25, -0.2) is 14.8 Å². The van der Waals surface area contributed by atoms with Crippen molar-refractivity contribution in [1.82, 2.24) is 19.8 Å². The lowest BCUT2D eigenvalue weighted by molar-refractivity contribution is 0.0772. The van der Waals surface area contributed by atoms with E-state index in [1.54, 1.807) is 12.0 Å². The van der Waals surface area contributed by atoms with Gasteiger partial charge in [-0.15, -0.1) is 0 Å². The summed E-state index contributed by atoms with van der Waals surface area (Å²) in [6, 6.07) is 5.79. The number of nitrogens with zero attached hydrogens (tertiary/aromatic N) is 5. The van der Waals surface area contributed by atoms with Crippen LogP contribution in [0.15, 0.2) is 18.2 Å². The van der Waals surface area contributed by atoms with Crippen LogP contribution < -0.4 is 4.90 Å². The number of piperidine rings is 1. The quantitative estimate of drug-likeness (QED) is 0.697. The average molecular weight is 448 g/mol. The minimum Gasteiger partial charge on any atom is -0.450 e. The number of ether oxygens (including phenoxy) is 2. The molecule has 9 heteroatoms. The zero-order valence-electron chi connectivity index (χ0n) is 18.2. The van der Waals surface area contributed by atoms with Crippen molar-refractivity contribution in [3.8, 4) is 0 Å². The lowest BCUT2D eigenvalue weighted by Gasteiger charge is -2.34. The topological polar surface area (TPSA) is 71.0 Å². The van der Waals surface area contributed by atoms with E-state index in [2.05, 4.69) is 9.80 Å². The smallest absolute Gasteiger partial charge is 0.409 e. The van der Waals surface area contributed by atoms with Crippen molar-refractivity contribution in [3.05, 3.63) is 29.0 Å². The number of methoxy groups -OCH3 is 1. The molecule has 2 aliphatic rings. The highest BCUT2D eigenvalue weighted by atomic mass is 35.5. The van der Waals surface area contributed by atoms with E-state index >= 15 is 0 Å². The standard InChI is InChI=1S/C22H30ClN5O3/c1-3-31-22(29)28-12-10-26(11-13-28)15-20-24-19-5-4-16(23)14-18(19)21(25-20)27-8-6-17(30-2)7-9-27/h4-5,14,17H,3,6-13,15H2,1-2H3. The third-order valence-corrected chi connectivity index (χ3v) is 6.26. The van der Waals surface area contributed by atoms with Gasteiger partial charge in [0.2, 0.25) is 0 Å². The van der Waals surface area contributed by atoms with E-state index in [4.69, 9.17) is 31.0 Å². The number of piperazine rings is 1. The molecule has 0 spiro atoms. The molecule has 4 rings (SSSR count). The predicted octanol–water partition coefficient (Wildman–Crippen LogP) is 3.17. The molecule has 0 unspecified atom stereocenters. The first-order chi connectivity index (χ1) is 15.1. The average Bonchev–Trinajstić information content (AvgIpc) is 2.79. The normalized spacial score (nSPS) is 18.5. The SMILES string of the molecule is CCOC(=O)N1CCN(Cc2nc(N3CCC(OC)CC3)c3cc(Cl)ccc3n2)CC1. The summed E-state index contributed by atoms with van der Waals surface area (Å²) in [6.07, 6.45) is 2.03. The molecule has 8 nitrogen and oxygen atoms in total. The van der Waals surface area contributed by atoms with E-state index in [9.17, 15) is 4.79 Å². The molecule has 1 amide bonds. The van der Waals surface area contributed by atoms with E-state index in [1.165, 1.54) is 0 Å². The van der Waals surface area contributed by atoms with Gasteiger partial charge in [0.15, 0.2) is 0 Å². The van der Waals surface area contributed by atoms with Gasteiger partial charge in [0.25, 0.3) is 0 Å². The highest BCUT2D eigenvalue weighted by Crippen LogP contribution is 2.29. The summed E-state index contributed by atoms with van der Waals surface area (Å²) in [5.41, 5.74) is 0.906. The second-order valence-corrected chi connectivity index (χ2v) is 8.45. The summed E-state index contributed by atoms with van der Waals surface area (Å²) in [5.74, 6) is 1.74. The van der Waals surface area contributed by atoms with Gasteiger partial charge >= 0.3 is 6.09 Å². The van der Waals surface area contributed by atoms with Gasteiger partial charge in [-0.05, 0) is 38.0 Å². The van der Waals surface area contributed by atoms with Crippen molar-refractivity contribution >= 4 is 34.4 Å². The Morgan fingerprint density at radius 3 is 2.55 bits per heavy atom. The minimum absolute atomic E-state index is 0.234. The van der Waals surface area contributed by atoms with Gasteiger partial charge in [-0.2, -0.15) is 0 Å². The van der Waals surface area contributed by atoms with Crippen molar-refractivity contribution in [2.24, 2.45) is 0 Å². The molecule has 0 atom stereocenters. The third-order valence-electron chi connectivity index (χ3n) is 6.02. The van der Waals surface area contributed by atoms with Gasteiger partial charge in [-0.3, -0.25) is 4.90 Å². The maximum Gasteiger partial charge on any atom is 0.409 e. The first kappa shape index (κ1) is 22.0. The van der Waals surface area contributed by atoms with Crippen LogP contribution in [0.2, 0.25) is 5.02 Å². The van der Waals surface area contributed by atoms with Crippen LogP contribution >= 0.6 is 11.6 Å². The number of amides is 1. The van der Waals surface area contributed by atoms with E-state index in [-0.39, 0.29) is 6.09 Å². The Morgan fingerprint density at radius 1 is 1.13 bits per heavy atom. The second kappa shape index (κ2) is 9.97. The van der Waals surface area contributed by atoms with Gasteiger partial charge in [0.1, 0.15) is 11.6 Å². The number of halogens is 1. The maximum absolute atomic E-state index is 11.9. The Balaban J connectivity index is 1.51. The van der Waals surface area contributed by atoms with Crippen molar-refractivity contribution < 1.29 is 14.3 Å². The van der Waals surface area contributed by atoms with Crippen LogP contribution in [0.5, 0.6) is 0 Å². The molecule has 0 N–H and O–H groups in total. The second-order valence-electron chi connectivity index (χ2n) is 8.01. The van der Waals surface area contributed by atoms with E-state index < -0.39 is 0 Å². The number of fused-ring (bicyclic) bond motifs is 1. The summed E-state index contributed by atoms with van der Waals surface area (Å²) >= 11 is 6.29. The predicted molar refractivity (Wildman–Crippen MR) is 121 cm³/mol. The highest BCUT2D eigenvalue weighted by Gasteiger charge is 2.25. The van der Waals surface area contributed by atoms with Crippen LogP contribution in [0.3, 0.4) is 0 Å². The Morgan fingerprint density at radius 2 is 1.87 bits per heavy atom. The Bertz CT molecular complexity index is 911. The molecule has 0 bridgehead atoms. The van der Waals surface area contributed by atoms with Gasteiger partial charge < -0.3 is 19.3 Å². The van der Waals surface area contributed by atoms with Crippen molar-refractivity contribution in [2.45, 2.75) is 32.4 Å². The van der Waals surface area contributed by atoms with Gasteiger partial charge in [0.05, 0.1) is 24.8 Å². The van der Waals surface area contributed by atoms with Crippen LogP contribution in [0, 0.1) is 0 Å². The number of carbonyl (C=O) groups excluding carboxylic acids is 1. The van der Waals surface area contributed by atoms with Gasteiger partial charge in [0, 0.05) is 56.8 Å². The Labute approximate surface area is 188 Å². The lowest BCUT2D eigenvalue weighted by atomic mass is 10.1. The molecular formula is C22H30ClN5O3. The molecule has 2 aromatic rings. The monoisotopic (exact) mass is 447 g/mol. The maximum atomic E-state index is 11.9. The summed E-state index contributed by atoms with van der Waals surface area (Å²) < 4.78 is 10.6. The molecule has 31 heavy (non-hydrogen) atoms. The van der Waals surface area contributed by atoms with Crippen LogP contribution in [0.4, 0.5) is 10.6 Å². The van der Waals surface area contributed by atoms with E-state index in [1.807, 2.05) is 25.1 Å². The first-order valence-corrected chi connectivity index (χ1v) is 11.3. The molecule has 2 saturated heterocycles. The summed E-state index contributed by atoms with van der Waals surface area (Å²) in [6.45, 7) is 7.52. The molecule has 2 aliphatic heterocycles. The van der Waals surface area contributed by atoms with Crippen molar-refractivity contribution in [2.75, 3.05) is 57.9 Å². The fourth-order valence-corrected chi connectivity index (χ4v) is 4.42. The van der Waals surface area contributed by atoms with Crippen molar-refractivity contribution in [3.63, 3.8) is 0 Å². The molecular weight excluding hydrogens is 418 g/mol. The molecule has 1 aromatic carbocycles. The number of carbonyl (C=O) groups is 1. The largest absolute Gasteiger partial charge is 0.450 e. The fraction of sp³-hybridized carbons (Fsp3) is 0.591. The number of aromatic nitrogens is 2. The van der Waals surface area contributed by atoms with Crippen LogP contribution in [-0.4, -0.2) is 85.0 Å². The van der Waals surface area contributed by atoms with Crippen LogP contribution in [0.25, 0.3) is 10.9 Å². The minimum atomic E-state index is -0.234. The number of anilines is 1. The van der Waals surface area contributed by atoms with Crippen LogP contribution in [0.1, 0.15) is 25.6 Å². The fourth-order valence-electron chi connectivity index (χ4n) is 4.25. The number of hydrogen-bond donors (Lipinski definition) is 0. The Hall–Kier alpha value is -2.16. The number of benzene rings is 1. The van der Waals surface area contributed by atoms with Crippen molar-refractivity contribution in [1.29, 1.82) is 0 Å².